The molecule has 2 aromatic rings. The van der Waals surface area contributed by atoms with Gasteiger partial charge in [0.15, 0.2) is 0 Å². The Balaban J connectivity index is 2.01. The molecule has 0 spiro atoms. The predicted molar refractivity (Wildman–Crippen MR) is 86.7 cm³/mol. The molecule has 0 aliphatic carbocycles. The summed E-state index contributed by atoms with van der Waals surface area (Å²) in [5, 5.41) is 5.35. The van der Waals surface area contributed by atoms with Gasteiger partial charge in [-0.3, -0.25) is 9.59 Å². The van der Waals surface area contributed by atoms with Crippen LogP contribution < -0.4 is 10.6 Å². The summed E-state index contributed by atoms with van der Waals surface area (Å²) >= 11 is 0. The SMILES string of the molecule is CC(C)(C)C(=O)Nc1ccc(NC(=O)c2ccc(F)cc2)nc1. The molecule has 0 radical (unpaired) electrons. The van der Waals surface area contributed by atoms with Crippen LogP contribution >= 0.6 is 0 Å². The molecule has 0 aliphatic rings. The molecular weight excluding hydrogens is 297 g/mol. The highest BCUT2D eigenvalue weighted by molar-refractivity contribution is 6.03. The number of benzene rings is 1. The van der Waals surface area contributed by atoms with Gasteiger partial charge in [0, 0.05) is 11.0 Å². The van der Waals surface area contributed by atoms with E-state index in [2.05, 4.69) is 15.6 Å². The fourth-order valence-corrected chi connectivity index (χ4v) is 1.65. The number of nitrogens with zero attached hydrogens (tertiary/aromatic N) is 1. The Kier molecular flexibility index (Phi) is 4.74. The summed E-state index contributed by atoms with van der Waals surface area (Å²) in [7, 11) is 0. The third-order valence-electron chi connectivity index (χ3n) is 3.05. The van der Waals surface area contributed by atoms with Crippen LogP contribution in [0.4, 0.5) is 15.9 Å². The van der Waals surface area contributed by atoms with Gasteiger partial charge in [-0.25, -0.2) is 9.37 Å². The van der Waals surface area contributed by atoms with E-state index in [-0.39, 0.29) is 11.8 Å². The third kappa shape index (κ3) is 4.60. The Labute approximate surface area is 133 Å². The summed E-state index contributed by atoms with van der Waals surface area (Å²) in [5.74, 6) is -0.571. The predicted octanol–water partition coefficient (Wildman–Crippen LogP) is 3.46. The lowest BCUT2D eigenvalue weighted by Gasteiger charge is -2.17. The van der Waals surface area contributed by atoms with Crippen LogP contribution in [0.25, 0.3) is 0 Å². The van der Waals surface area contributed by atoms with Crippen LogP contribution in [-0.4, -0.2) is 16.8 Å². The van der Waals surface area contributed by atoms with Crippen LogP contribution in [0.2, 0.25) is 0 Å². The van der Waals surface area contributed by atoms with Crippen molar-refractivity contribution in [3.8, 4) is 0 Å². The lowest BCUT2D eigenvalue weighted by molar-refractivity contribution is -0.123. The second-order valence-electron chi connectivity index (χ2n) is 6.10. The minimum absolute atomic E-state index is 0.123. The molecule has 1 heterocycles. The molecule has 0 aliphatic heterocycles. The Morgan fingerprint density at radius 3 is 2.17 bits per heavy atom. The van der Waals surface area contributed by atoms with Crippen molar-refractivity contribution in [3.05, 3.63) is 54.0 Å². The van der Waals surface area contributed by atoms with Gasteiger partial charge < -0.3 is 10.6 Å². The van der Waals surface area contributed by atoms with Gasteiger partial charge in [-0.2, -0.15) is 0 Å². The minimum Gasteiger partial charge on any atom is -0.324 e. The molecule has 0 saturated carbocycles. The zero-order valence-corrected chi connectivity index (χ0v) is 13.2. The first kappa shape index (κ1) is 16.6. The van der Waals surface area contributed by atoms with Crippen molar-refractivity contribution >= 4 is 23.3 Å². The lowest BCUT2D eigenvalue weighted by atomic mass is 9.96. The van der Waals surface area contributed by atoms with E-state index in [1.54, 1.807) is 12.1 Å². The first-order chi connectivity index (χ1) is 10.8. The zero-order valence-electron chi connectivity index (χ0n) is 13.2. The molecule has 2 N–H and O–H groups in total. The monoisotopic (exact) mass is 315 g/mol. The fourth-order valence-electron chi connectivity index (χ4n) is 1.65. The molecule has 0 saturated heterocycles. The van der Waals surface area contributed by atoms with Crippen LogP contribution in [0.5, 0.6) is 0 Å². The van der Waals surface area contributed by atoms with E-state index in [1.165, 1.54) is 30.5 Å². The largest absolute Gasteiger partial charge is 0.324 e. The van der Waals surface area contributed by atoms with Gasteiger partial charge in [0.25, 0.3) is 5.91 Å². The van der Waals surface area contributed by atoms with Crippen LogP contribution in [0.15, 0.2) is 42.6 Å². The molecule has 120 valence electrons. The summed E-state index contributed by atoms with van der Waals surface area (Å²) in [5.41, 5.74) is 0.373. The van der Waals surface area contributed by atoms with Crippen LogP contribution in [0.3, 0.4) is 0 Å². The molecule has 0 bridgehead atoms. The van der Waals surface area contributed by atoms with E-state index in [9.17, 15) is 14.0 Å². The maximum absolute atomic E-state index is 12.8. The number of carbonyl (C=O) groups is 2. The molecule has 2 amide bonds. The molecule has 0 atom stereocenters. The van der Waals surface area contributed by atoms with Crippen molar-refractivity contribution < 1.29 is 14.0 Å². The third-order valence-corrected chi connectivity index (χ3v) is 3.05. The van der Waals surface area contributed by atoms with Gasteiger partial charge in [0.1, 0.15) is 11.6 Å². The molecule has 23 heavy (non-hydrogen) atoms. The lowest BCUT2D eigenvalue weighted by Crippen LogP contribution is -2.27. The fraction of sp³-hybridized carbons (Fsp3) is 0.235. The number of halogens is 1. The Bertz CT molecular complexity index is 704. The molecule has 1 aromatic carbocycles. The average molecular weight is 315 g/mol. The van der Waals surface area contributed by atoms with E-state index in [0.29, 0.717) is 17.1 Å². The van der Waals surface area contributed by atoms with E-state index >= 15 is 0 Å². The van der Waals surface area contributed by atoms with Crippen LogP contribution in [-0.2, 0) is 4.79 Å². The molecule has 5 nitrogen and oxygen atoms in total. The molecule has 6 heteroatoms. The van der Waals surface area contributed by atoms with Crippen molar-refractivity contribution in [3.63, 3.8) is 0 Å². The summed E-state index contributed by atoms with van der Waals surface area (Å²) in [6.45, 7) is 5.44. The van der Waals surface area contributed by atoms with E-state index in [4.69, 9.17) is 0 Å². The van der Waals surface area contributed by atoms with Gasteiger partial charge in [0.05, 0.1) is 11.9 Å². The second-order valence-corrected chi connectivity index (χ2v) is 6.10. The Morgan fingerprint density at radius 1 is 1.00 bits per heavy atom. The summed E-state index contributed by atoms with van der Waals surface area (Å²) < 4.78 is 12.8. The highest BCUT2D eigenvalue weighted by Crippen LogP contribution is 2.18. The number of pyridine rings is 1. The van der Waals surface area contributed by atoms with Crippen LogP contribution in [0, 0.1) is 11.2 Å². The number of hydrogen-bond donors (Lipinski definition) is 2. The quantitative estimate of drug-likeness (QED) is 0.911. The minimum atomic E-state index is -0.504. The molecule has 1 aromatic heterocycles. The maximum atomic E-state index is 12.8. The van der Waals surface area contributed by atoms with Gasteiger partial charge >= 0.3 is 0 Å². The van der Waals surface area contributed by atoms with Gasteiger partial charge in [-0.1, -0.05) is 20.8 Å². The number of amides is 2. The van der Waals surface area contributed by atoms with E-state index < -0.39 is 11.2 Å². The van der Waals surface area contributed by atoms with Gasteiger partial charge in [-0.05, 0) is 36.4 Å². The summed E-state index contributed by atoms with van der Waals surface area (Å²) in [6, 6.07) is 8.45. The number of hydrogen-bond acceptors (Lipinski definition) is 3. The molecule has 0 fully saturated rings. The van der Waals surface area contributed by atoms with Crippen molar-refractivity contribution in [2.75, 3.05) is 10.6 Å². The molecular formula is C17H18FN3O2. The number of carbonyl (C=O) groups excluding carboxylic acids is 2. The number of aromatic nitrogens is 1. The number of anilines is 2. The van der Waals surface area contributed by atoms with Crippen LogP contribution in [0.1, 0.15) is 31.1 Å². The zero-order chi connectivity index (χ0) is 17.0. The summed E-state index contributed by atoms with van der Waals surface area (Å²) in [6.07, 6.45) is 1.46. The Hall–Kier alpha value is -2.76. The molecule has 0 unspecified atom stereocenters. The number of rotatable bonds is 3. The normalized spacial score (nSPS) is 11.0. The molecule has 2 rings (SSSR count). The standard InChI is InChI=1S/C17H18FN3O2/c1-17(2,3)16(23)20-13-8-9-14(19-10-13)21-15(22)11-4-6-12(18)7-5-11/h4-10H,1-3H3,(H,20,23)(H,19,21,22). The van der Waals surface area contributed by atoms with Gasteiger partial charge in [-0.15, -0.1) is 0 Å². The van der Waals surface area contributed by atoms with Crippen molar-refractivity contribution in [1.29, 1.82) is 0 Å². The smallest absolute Gasteiger partial charge is 0.256 e. The summed E-state index contributed by atoms with van der Waals surface area (Å²) in [4.78, 5) is 27.9. The van der Waals surface area contributed by atoms with E-state index in [0.717, 1.165) is 0 Å². The average Bonchev–Trinajstić information content (AvgIpc) is 2.49. The topological polar surface area (TPSA) is 71.1 Å². The Morgan fingerprint density at radius 2 is 1.65 bits per heavy atom. The van der Waals surface area contributed by atoms with E-state index in [1.807, 2.05) is 20.8 Å². The van der Waals surface area contributed by atoms with Crippen molar-refractivity contribution in [2.45, 2.75) is 20.8 Å². The highest BCUT2D eigenvalue weighted by atomic mass is 19.1. The van der Waals surface area contributed by atoms with Crippen molar-refractivity contribution in [2.24, 2.45) is 5.41 Å². The van der Waals surface area contributed by atoms with Gasteiger partial charge in [0.2, 0.25) is 5.91 Å². The maximum Gasteiger partial charge on any atom is 0.256 e. The van der Waals surface area contributed by atoms with Crippen molar-refractivity contribution in [1.82, 2.24) is 4.98 Å². The first-order valence-electron chi connectivity index (χ1n) is 7.10. The number of nitrogens with one attached hydrogen (secondary N) is 2. The highest BCUT2D eigenvalue weighted by Gasteiger charge is 2.21. The second kappa shape index (κ2) is 6.56. The first-order valence-corrected chi connectivity index (χ1v) is 7.10.